The Balaban J connectivity index is 1.63. The van der Waals surface area contributed by atoms with Gasteiger partial charge in [-0.05, 0) is 26.7 Å². The molecule has 2 aromatic heterocycles. The Bertz CT molecular complexity index is 894. The first-order chi connectivity index (χ1) is 12.1. The van der Waals surface area contributed by atoms with E-state index in [1.54, 1.807) is 13.1 Å². The summed E-state index contributed by atoms with van der Waals surface area (Å²) in [4.78, 5) is 25.4. The fourth-order valence-corrected chi connectivity index (χ4v) is 2.81. The Morgan fingerprint density at radius 2 is 2.24 bits per heavy atom. The van der Waals surface area contributed by atoms with Gasteiger partial charge in [-0.3, -0.25) is 9.79 Å². The van der Waals surface area contributed by atoms with Crippen LogP contribution in [0.15, 0.2) is 27.5 Å². The normalized spacial score (nSPS) is 17.8. The first-order valence-electron chi connectivity index (χ1n) is 8.28. The van der Waals surface area contributed by atoms with Crippen LogP contribution in [-0.4, -0.2) is 40.8 Å². The van der Waals surface area contributed by atoms with E-state index in [0.29, 0.717) is 41.5 Å². The number of fused-ring (bicyclic) bond motifs is 1. The largest absolute Gasteiger partial charge is 0.442 e. The van der Waals surface area contributed by atoms with E-state index in [0.717, 1.165) is 18.4 Å². The zero-order valence-electron chi connectivity index (χ0n) is 14.2. The molecular weight excluding hydrogens is 320 g/mol. The Labute approximate surface area is 144 Å². The summed E-state index contributed by atoms with van der Waals surface area (Å²) in [5, 5.41) is 9.98. The molecule has 0 spiro atoms. The number of anilines is 1. The molecular formula is C17H20N6O2. The van der Waals surface area contributed by atoms with Gasteiger partial charge in [-0.25, -0.2) is 9.97 Å². The molecule has 1 aliphatic heterocycles. The Hall–Kier alpha value is -2.90. The van der Waals surface area contributed by atoms with Gasteiger partial charge in [0.1, 0.15) is 24.6 Å². The second kappa shape index (κ2) is 5.87. The molecule has 1 saturated carbocycles. The molecule has 8 heteroatoms. The zero-order chi connectivity index (χ0) is 17.4. The standard InChI is InChI=1S/C17H20N6O2/c1-10-12(15(24)20-7-11-5-18-8-19-6-11)13-14(23-17(2)3-4-17)21-9-22-16(13)25-10/h5-6,9,18H,3-4,7-8H2,1-2H3,(H,20,24)(H,21,22,23). The summed E-state index contributed by atoms with van der Waals surface area (Å²) in [5.74, 6) is 0.962. The van der Waals surface area contributed by atoms with Crippen LogP contribution in [0.25, 0.3) is 11.1 Å². The topological polar surface area (TPSA) is 104 Å². The molecule has 3 heterocycles. The summed E-state index contributed by atoms with van der Waals surface area (Å²) < 4.78 is 5.68. The van der Waals surface area contributed by atoms with Crippen LogP contribution in [-0.2, 0) is 0 Å². The molecule has 8 nitrogen and oxygen atoms in total. The number of amides is 1. The van der Waals surface area contributed by atoms with Gasteiger partial charge in [0, 0.05) is 30.1 Å². The summed E-state index contributed by atoms with van der Waals surface area (Å²) in [6.45, 7) is 4.85. The van der Waals surface area contributed by atoms with Crippen molar-refractivity contribution in [2.45, 2.75) is 32.2 Å². The Morgan fingerprint density at radius 3 is 2.96 bits per heavy atom. The van der Waals surface area contributed by atoms with E-state index in [4.69, 9.17) is 4.42 Å². The zero-order valence-corrected chi connectivity index (χ0v) is 14.2. The van der Waals surface area contributed by atoms with Crippen LogP contribution in [0.2, 0.25) is 0 Å². The maximum atomic E-state index is 12.8. The molecule has 130 valence electrons. The van der Waals surface area contributed by atoms with Crippen LogP contribution in [0.4, 0.5) is 5.82 Å². The van der Waals surface area contributed by atoms with Crippen LogP contribution in [0.5, 0.6) is 0 Å². The van der Waals surface area contributed by atoms with Crippen molar-refractivity contribution >= 4 is 29.0 Å². The summed E-state index contributed by atoms with van der Waals surface area (Å²) in [5.41, 5.74) is 1.84. The molecule has 0 saturated heterocycles. The molecule has 1 amide bonds. The van der Waals surface area contributed by atoms with Crippen molar-refractivity contribution in [3.8, 4) is 0 Å². The maximum Gasteiger partial charge on any atom is 0.255 e. The predicted molar refractivity (Wildman–Crippen MR) is 94.7 cm³/mol. The smallest absolute Gasteiger partial charge is 0.255 e. The van der Waals surface area contributed by atoms with Gasteiger partial charge in [0.25, 0.3) is 5.91 Å². The molecule has 2 aromatic rings. The number of nitrogens with zero attached hydrogens (tertiary/aromatic N) is 3. The number of nitrogens with one attached hydrogen (secondary N) is 3. The highest BCUT2D eigenvalue weighted by Gasteiger charge is 2.38. The number of hydrogen-bond acceptors (Lipinski definition) is 7. The Morgan fingerprint density at radius 1 is 1.40 bits per heavy atom. The highest BCUT2D eigenvalue weighted by molar-refractivity contribution is 6.10. The van der Waals surface area contributed by atoms with E-state index in [1.807, 2.05) is 6.20 Å². The molecule has 0 unspecified atom stereocenters. The third-order valence-electron chi connectivity index (χ3n) is 4.49. The number of furan rings is 1. The van der Waals surface area contributed by atoms with Crippen LogP contribution in [0.1, 0.15) is 35.9 Å². The molecule has 0 bridgehead atoms. The third-order valence-corrected chi connectivity index (χ3v) is 4.49. The van der Waals surface area contributed by atoms with Gasteiger partial charge < -0.3 is 20.4 Å². The van der Waals surface area contributed by atoms with E-state index < -0.39 is 0 Å². The molecule has 25 heavy (non-hydrogen) atoms. The highest BCUT2D eigenvalue weighted by atomic mass is 16.3. The summed E-state index contributed by atoms with van der Waals surface area (Å²) in [6.07, 6.45) is 7.21. The number of rotatable bonds is 5. The van der Waals surface area contributed by atoms with Crippen molar-refractivity contribution in [3.63, 3.8) is 0 Å². The van der Waals surface area contributed by atoms with Crippen molar-refractivity contribution in [3.05, 3.63) is 29.4 Å². The van der Waals surface area contributed by atoms with E-state index in [2.05, 4.69) is 37.8 Å². The van der Waals surface area contributed by atoms with E-state index in [1.165, 1.54) is 6.33 Å². The van der Waals surface area contributed by atoms with Gasteiger partial charge in [0.15, 0.2) is 0 Å². The molecule has 1 aliphatic carbocycles. The summed E-state index contributed by atoms with van der Waals surface area (Å²) in [7, 11) is 0. The quantitative estimate of drug-likeness (QED) is 0.766. The molecule has 0 aromatic carbocycles. The molecule has 1 fully saturated rings. The van der Waals surface area contributed by atoms with Crippen molar-refractivity contribution in [1.29, 1.82) is 0 Å². The average Bonchev–Trinajstić information content (AvgIpc) is 3.22. The molecule has 2 aliphatic rings. The third kappa shape index (κ3) is 3.07. The van der Waals surface area contributed by atoms with Crippen LogP contribution < -0.4 is 16.0 Å². The summed E-state index contributed by atoms with van der Waals surface area (Å²) in [6, 6.07) is 0. The van der Waals surface area contributed by atoms with Crippen molar-refractivity contribution in [2.24, 2.45) is 4.99 Å². The molecule has 3 N–H and O–H groups in total. The van der Waals surface area contributed by atoms with Crippen LogP contribution in [0.3, 0.4) is 0 Å². The fraction of sp³-hybridized carbons (Fsp3) is 0.412. The predicted octanol–water partition coefficient (Wildman–Crippen LogP) is 1.74. The maximum absolute atomic E-state index is 12.8. The molecule has 0 radical (unpaired) electrons. The lowest BCUT2D eigenvalue weighted by Gasteiger charge is -2.13. The first-order valence-corrected chi connectivity index (χ1v) is 8.28. The van der Waals surface area contributed by atoms with E-state index >= 15 is 0 Å². The van der Waals surface area contributed by atoms with Gasteiger partial charge in [0.2, 0.25) is 5.71 Å². The minimum Gasteiger partial charge on any atom is -0.442 e. The molecule has 4 rings (SSSR count). The number of hydrogen-bond donors (Lipinski definition) is 3. The van der Waals surface area contributed by atoms with Crippen molar-refractivity contribution in [2.75, 3.05) is 18.5 Å². The van der Waals surface area contributed by atoms with Gasteiger partial charge in [-0.1, -0.05) is 0 Å². The minimum absolute atomic E-state index is 0.0370. The monoisotopic (exact) mass is 340 g/mol. The molecule has 0 atom stereocenters. The average molecular weight is 340 g/mol. The van der Waals surface area contributed by atoms with Crippen LogP contribution in [0, 0.1) is 6.92 Å². The number of carbonyl (C=O) groups excluding carboxylic acids is 1. The van der Waals surface area contributed by atoms with Crippen molar-refractivity contribution < 1.29 is 9.21 Å². The lowest BCUT2D eigenvalue weighted by Crippen LogP contribution is -2.28. The second-order valence-corrected chi connectivity index (χ2v) is 6.70. The number of carbonyl (C=O) groups is 1. The lowest BCUT2D eigenvalue weighted by molar-refractivity contribution is 0.0957. The minimum atomic E-state index is -0.213. The summed E-state index contributed by atoms with van der Waals surface area (Å²) >= 11 is 0. The number of aryl methyl sites for hydroxylation is 1. The van der Waals surface area contributed by atoms with E-state index in [-0.39, 0.29) is 11.4 Å². The van der Waals surface area contributed by atoms with Gasteiger partial charge in [-0.15, -0.1) is 0 Å². The van der Waals surface area contributed by atoms with Gasteiger partial charge >= 0.3 is 0 Å². The fourth-order valence-electron chi connectivity index (χ4n) is 2.81. The van der Waals surface area contributed by atoms with E-state index in [9.17, 15) is 4.79 Å². The van der Waals surface area contributed by atoms with Crippen molar-refractivity contribution in [1.82, 2.24) is 20.6 Å². The Kier molecular flexibility index (Phi) is 3.67. The number of aliphatic imine (C=N–C) groups is 1. The number of aromatic nitrogens is 2. The second-order valence-electron chi connectivity index (χ2n) is 6.70. The highest BCUT2D eigenvalue weighted by Crippen LogP contribution is 2.40. The SMILES string of the molecule is Cc1oc2ncnc(NC3(C)CC3)c2c1C(=O)NCC1=CNCN=C1. The first kappa shape index (κ1) is 15.6. The van der Waals surface area contributed by atoms with Gasteiger partial charge in [0.05, 0.1) is 10.9 Å². The lowest BCUT2D eigenvalue weighted by atomic mass is 10.1. The van der Waals surface area contributed by atoms with Gasteiger partial charge in [-0.2, -0.15) is 0 Å². The van der Waals surface area contributed by atoms with Crippen LogP contribution >= 0.6 is 0 Å².